The Morgan fingerprint density at radius 1 is 1.88 bits per heavy atom. The zero-order chi connectivity index (χ0) is 6.57. The van der Waals surface area contributed by atoms with Gasteiger partial charge >= 0.3 is 14.3 Å². The van der Waals surface area contributed by atoms with Crippen LogP contribution in [0.3, 0.4) is 0 Å². The van der Waals surface area contributed by atoms with Crippen LogP contribution in [0.5, 0.6) is 0 Å². The SMILES string of the molecule is O=[P+](O)OC(F)=CF. The predicted octanol–water partition coefficient (Wildman–Crippen LogP) is 1.39. The van der Waals surface area contributed by atoms with Gasteiger partial charge in [0.2, 0.25) is 0 Å². The fourth-order valence-corrected chi connectivity index (χ4v) is 0.284. The van der Waals surface area contributed by atoms with E-state index in [1.165, 1.54) is 0 Å². The van der Waals surface area contributed by atoms with Crippen molar-refractivity contribution in [3.63, 3.8) is 0 Å². The first-order valence-electron chi connectivity index (χ1n) is 1.47. The summed E-state index contributed by atoms with van der Waals surface area (Å²) in [7, 11) is -3.08. The minimum Gasteiger partial charge on any atom is -0.209 e. The van der Waals surface area contributed by atoms with E-state index in [0.717, 1.165) is 0 Å². The Kier molecular flexibility index (Phi) is 3.23. The molecule has 0 aromatic carbocycles. The highest BCUT2D eigenvalue weighted by molar-refractivity contribution is 7.32. The summed E-state index contributed by atoms with van der Waals surface area (Å²) in [4.78, 5) is 7.69. The Hall–Kier alpha value is -0.540. The summed E-state index contributed by atoms with van der Waals surface area (Å²) in [5.74, 6) is 0. The van der Waals surface area contributed by atoms with E-state index in [1.807, 2.05) is 0 Å². The minimum absolute atomic E-state index is 0.552. The Bertz CT molecular complexity index is 122. The molecule has 0 aliphatic carbocycles. The van der Waals surface area contributed by atoms with Gasteiger partial charge in [-0.2, -0.15) is 8.91 Å². The maximum atomic E-state index is 11.3. The lowest BCUT2D eigenvalue weighted by Gasteiger charge is -1.74. The van der Waals surface area contributed by atoms with E-state index in [4.69, 9.17) is 4.89 Å². The smallest absolute Gasteiger partial charge is 0.209 e. The standard InChI is InChI=1S/C2HF2O3P/c3-1-2(4)7-8(5)6/h1H/p+1. The molecule has 0 rings (SSSR count). The first-order chi connectivity index (χ1) is 3.66. The molecule has 0 spiro atoms. The first-order valence-corrected chi connectivity index (χ1v) is 2.60. The molecule has 0 aromatic heterocycles. The van der Waals surface area contributed by atoms with Gasteiger partial charge in [-0.1, -0.05) is 0 Å². The van der Waals surface area contributed by atoms with E-state index in [2.05, 4.69) is 4.52 Å². The fraction of sp³-hybridized carbons (Fsp3) is 0. The van der Waals surface area contributed by atoms with Crippen LogP contribution in [0.2, 0.25) is 0 Å². The minimum atomic E-state index is -3.08. The van der Waals surface area contributed by atoms with Crippen molar-refractivity contribution in [2.24, 2.45) is 0 Å². The predicted molar refractivity (Wildman–Crippen MR) is 21.2 cm³/mol. The third-order valence-corrected chi connectivity index (χ3v) is 0.582. The summed E-state index contributed by atoms with van der Waals surface area (Å²) < 4.78 is 34.9. The zero-order valence-electron chi connectivity index (χ0n) is 3.54. The van der Waals surface area contributed by atoms with Gasteiger partial charge < -0.3 is 0 Å². The van der Waals surface area contributed by atoms with Gasteiger partial charge in [-0.15, -0.1) is 4.89 Å². The summed E-state index contributed by atoms with van der Waals surface area (Å²) in [6, 6.07) is -1.70. The van der Waals surface area contributed by atoms with Crippen LogP contribution in [0.4, 0.5) is 8.78 Å². The van der Waals surface area contributed by atoms with Gasteiger partial charge in [0.1, 0.15) is 0 Å². The van der Waals surface area contributed by atoms with Crippen molar-refractivity contribution < 1.29 is 22.8 Å². The van der Waals surface area contributed by atoms with Crippen molar-refractivity contribution in [1.82, 2.24) is 0 Å². The molecule has 0 heterocycles. The average molecular weight is 143 g/mol. The first kappa shape index (κ1) is 7.46. The molecule has 0 aromatic rings. The van der Waals surface area contributed by atoms with E-state index in [-0.39, 0.29) is 0 Å². The highest BCUT2D eigenvalue weighted by atomic mass is 31.1. The summed E-state index contributed by atoms with van der Waals surface area (Å²) in [6.45, 7) is 0. The number of halogens is 2. The van der Waals surface area contributed by atoms with Crippen LogP contribution < -0.4 is 0 Å². The van der Waals surface area contributed by atoms with Crippen LogP contribution in [0.25, 0.3) is 0 Å². The summed E-state index contributed by atoms with van der Waals surface area (Å²) >= 11 is 0. The van der Waals surface area contributed by atoms with Gasteiger partial charge in [-0.05, 0) is 0 Å². The van der Waals surface area contributed by atoms with Crippen LogP contribution in [-0.4, -0.2) is 4.89 Å². The highest BCUT2D eigenvalue weighted by Gasteiger charge is 2.15. The maximum absolute atomic E-state index is 11.3. The second-order valence-electron chi connectivity index (χ2n) is 0.742. The van der Waals surface area contributed by atoms with E-state index in [9.17, 15) is 13.3 Å². The third kappa shape index (κ3) is 3.64. The molecule has 1 N–H and O–H groups in total. The molecular formula is C2H2F2O3P+. The van der Waals surface area contributed by atoms with Crippen molar-refractivity contribution in [3.05, 3.63) is 12.3 Å². The second-order valence-corrected chi connectivity index (χ2v) is 1.40. The molecule has 8 heavy (non-hydrogen) atoms. The summed E-state index contributed by atoms with van der Waals surface area (Å²) in [6.07, 6.45) is -0.552. The molecule has 0 fully saturated rings. The Morgan fingerprint density at radius 3 is 2.50 bits per heavy atom. The maximum Gasteiger partial charge on any atom is 0.749 e. The molecule has 0 saturated heterocycles. The molecule has 0 aliphatic rings. The Balaban J connectivity index is 3.56. The molecule has 3 nitrogen and oxygen atoms in total. The van der Waals surface area contributed by atoms with Gasteiger partial charge in [0.15, 0.2) is 6.33 Å². The van der Waals surface area contributed by atoms with Crippen molar-refractivity contribution >= 4 is 8.25 Å². The quantitative estimate of drug-likeness (QED) is 0.469. The lowest BCUT2D eigenvalue weighted by atomic mass is 11.1. The lowest BCUT2D eigenvalue weighted by Crippen LogP contribution is -1.70. The van der Waals surface area contributed by atoms with Gasteiger partial charge in [0, 0.05) is 4.57 Å². The van der Waals surface area contributed by atoms with Crippen molar-refractivity contribution in [3.8, 4) is 0 Å². The molecular weight excluding hydrogens is 141 g/mol. The molecule has 1 atom stereocenters. The molecule has 46 valence electrons. The van der Waals surface area contributed by atoms with Crippen LogP contribution in [0, 0.1) is 0 Å². The third-order valence-electron chi connectivity index (χ3n) is 0.251. The van der Waals surface area contributed by atoms with E-state index in [0.29, 0.717) is 0 Å². The molecule has 0 aliphatic heterocycles. The molecule has 1 unspecified atom stereocenters. The van der Waals surface area contributed by atoms with E-state index < -0.39 is 20.6 Å². The van der Waals surface area contributed by atoms with Crippen molar-refractivity contribution in [2.45, 2.75) is 0 Å². The van der Waals surface area contributed by atoms with Crippen molar-refractivity contribution in [2.75, 3.05) is 0 Å². The summed E-state index contributed by atoms with van der Waals surface area (Å²) in [5, 5.41) is 0. The van der Waals surface area contributed by atoms with Gasteiger partial charge in [-0.25, -0.2) is 4.39 Å². The largest absolute Gasteiger partial charge is 0.749 e. The average Bonchev–Trinajstić information content (AvgIpc) is 1.65. The zero-order valence-corrected chi connectivity index (χ0v) is 4.44. The highest BCUT2D eigenvalue weighted by Crippen LogP contribution is 2.20. The topological polar surface area (TPSA) is 46.5 Å². The molecule has 0 saturated carbocycles. The number of hydrogen-bond donors (Lipinski definition) is 1. The number of hydrogen-bond acceptors (Lipinski definition) is 2. The van der Waals surface area contributed by atoms with Gasteiger partial charge in [0.05, 0.1) is 0 Å². The second kappa shape index (κ2) is 3.46. The van der Waals surface area contributed by atoms with Crippen LogP contribution >= 0.6 is 8.25 Å². The van der Waals surface area contributed by atoms with Crippen LogP contribution in [0.15, 0.2) is 12.3 Å². The Morgan fingerprint density at radius 2 is 2.38 bits per heavy atom. The van der Waals surface area contributed by atoms with Gasteiger partial charge in [0.25, 0.3) is 0 Å². The van der Waals surface area contributed by atoms with Crippen LogP contribution in [0.1, 0.15) is 0 Å². The molecule has 6 heteroatoms. The van der Waals surface area contributed by atoms with Crippen LogP contribution in [-0.2, 0) is 9.09 Å². The fourth-order valence-electron chi connectivity index (χ4n) is 0.0945. The van der Waals surface area contributed by atoms with Crippen molar-refractivity contribution in [1.29, 1.82) is 0 Å². The molecule has 0 bridgehead atoms. The monoisotopic (exact) mass is 143 g/mol. The van der Waals surface area contributed by atoms with Gasteiger partial charge in [-0.3, -0.25) is 0 Å². The number of rotatable bonds is 2. The molecule has 0 radical (unpaired) electrons. The Labute approximate surface area is 44.5 Å². The van der Waals surface area contributed by atoms with E-state index in [1.54, 1.807) is 0 Å². The lowest BCUT2D eigenvalue weighted by molar-refractivity contribution is 0.266. The molecule has 0 amide bonds. The van der Waals surface area contributed by atoms with E-state index >= 15 is 0 Å². The summed E-state index contributed by atoms with van der Waals surface area (Å²) in [5.41, 5.74) is 0. The normalized spacial score (nSPS) is 13.4.